The topological polar surface area (TPSA) is 75.4 Å². The largest absolute Gasteiger partial charge is 0.355 e. The zero-order valence-corrected chi connectivity index (χ0v) is 16.2. The molecule has 4 rings (SSSR count). The third-order valence-corrected chi connectivity index (χ3v) is 5.62. The second-order valence-corrected chi connectivity index (χ2v) is 7.35. The molecule has 2 aromatic heterocycles. The Kier molecular flexibility index (Phi) is 5.50. The van der Waals surface area contributed by atoms with Gasteiger partial charge in [-0.1, -0.05) is 37.3 Å². The lowest BCUT2D eigenvalue weighted by Crippen LogP contribution is -2.41. The van der Waals surface area contributed by atoms with Crippen LogP contribution in [0.1, 0.15) is 37.7 Å². The number of nitrogens with zero attached hydrogens (tertiary/aromatic N) is 5. The van der Waals surface area contributed by atoms with E-state index in [1.165, 1.54) is 5.56 Å². The standard InChI is InChI=1S/C21H26N6O/c1-2-16(17-6-4-3-5-7-17)14-22-21(28)18-10-12-26(13-11-18)20-9-8-19-24-23-15-27(19)25-20/h3-9,15-16,18H,2,10-14H2,1H3,(H,22,28). The number of amides is 1. The molecular weight excluding hydrogens is 352 g/mol. The van der Waals surface area contributed by atoms with E-state index >= 15 is 0 Å². The first-order valence-corrected chi connectivity index (χ1v) is 9.99. The van der Waals surface area contributed by atoms with E-state index in [9.17, 15) is 4.79 Å². The van der Waals surface area contributed by atoms with Crippen molar-refractivity contribution < 1.29 is 4.79 Å². The first-order chi connectivity index (χ1) is 13.7. The van der Waals surface area contributed by atoms with Crippen LogP contribution in [0.15, 0.2) is 48.8 Å². The third kappa shape index (κ3) is 3.98. The first-order valence-electron chi connectivity index (χ1n) is 9.99. The molecule has 3 aromatic rings. The second kappa shape index (κ2) is 8.37. The molecule has 0 aliphatic carbocycles. The monoisotopic (exact) mass is 378 g/mol. The summed E-state index contributed by atoms with van der Waals surface area (Å²) in [5.41, 5.74) is 2.03. The van der Waals surface area contributed by atoms with E-state index in [-0.39, 0.29) is 11.8 Å². The fourth-order valence-electron chi connectivity index (χ4n) is 3.85. The van der Waals surface area contributed by atoms with Crippen molar-refractivity contribution in [3.05, 3.63) is 54.4 Å². The van der Waals surface area contributed by atoms with Gasteiger partial charge in [-0.15, -0.1) is 15.3 Å². The van der Waals surface area contributed by atoms with Gasteiger partial charge in [-0.3, -0.25) is 4.79 Å². The number of anilines is 1. The summed E-state index contributed by atoms with van der Waals surface area (Å²) in [5.74, 6) is 1.52. The van der Waals surface area contributed by atoms with Gasteiger partial charge >= 0.3 is 0 Å². The molecule has 1 unspecified atom stereocenters. The number of fused-ring (bicyclic) bond motifs is 1. The minimum atomic E-state index is 0.0724. The summed E-state index contributed by atoms with van der Waals surface area (Å²) >= 11 is 0. The molecule has 1 saturated heterocycles. The van der Waals surface area contributed by atoms with Crippen LogP contribution >= 0.6 is 0 Å². The lowest BCUT2D eigenvalue weighted by atomic mass is 9.94. The molecule has 1 aliphatic heterocycles. The van der Waals surface area contributed by atoms with Crippen molar-refractivity contribution in [2.24, 2.45) is 5.92 Å². The van der Waals surface area contributed by atoms with Gasteiger partial charge in [-0.25, -0.2) is 0 Å². The fourth-order valence-corrected chi connectivity index (χ4v) is 3.85. The van der Waals surface area contributed by atoms with E-state index in [1.54, 1.807) is 10.8 Å². The summed E-state index contributed by atoms with van der Waals surface area (Å²) in [5, 5.41) is 15.6. The number of carbonyl (C=O) groups excluding carboxylic acids is 1. The average Bonchev–Trinajstić information content (AvgIpc) is 3.23. The van der Waals surface area contributed by atoms with Gasteiger partial charge in [0.2, 0.25) is 5.91 Å². The molecule has 0 radical (unpaired) electrons. The average molecular weight is 378 g/mol. The number of carbonyl (C=O) groups is 1. The third-order valence-electron chi connectivity index (χ3n) is 5.62. The van der Waals surface area contributed by atoms with Gasteiger partial charge in [0.25, 0.3) is 0 Å². The smallest absolute Gasteiger partial charge is 0.223 e. The molecule has 1 atom stereocenters. The van der Waals surface area contributed by atoms with Crippen molar-refractivity contribution in [1.29, 1.82) is 0 Å². The summed E-state index contributed by atoms with van der Waals surface area (Å²) < 4.78 is 1.68. The molecular formula is C21H26N6O. The number of rotatable bonds is 6. The lowest BCUT2D eigenvalue weighted by molar-refractivity contribution is -0.125. The van der Waals surface area contributed by atoms with Gasteiger partial charge in [0.1, 0.15) is 12.1 Å². The van der Waals surface area contributed by atoms with Gasteiger partial charge in [0, 0.05) is 31.5 Å². The second-order valence-electron chi connectivity index (χ2n) is 7.35. The molecule has 1 N–H and O–H groups in total. The van der Waals surface area contributed by atoms with Crippen molar-refractivity contribution in [3.63, 3.8) is 0 Å². The summed E-state index contributed by atoms with van der Waals surface area (Å²) in [6, 6.07) is 14.3. The van der Waals surface area contributed by atoms with E-state index in [2.05, 4.69) is 56.7 Å². The number of hydrogen-bond acceptors (Lipinski definition) is 5. The van der Waals surface area contributed by atoms with Crippen LogP contribution in [0.25, 0.3) is 5.65 Å². The van der Waals surface area contributed by atoms with Crippen LogP contribution in [-0.4, -0.2) is 45.4 Å². The SMILES string of the molecule is CCC(CNC(=O)C1CCN(c2ccc3nncn3n2)CC1)c1ccccc1. The highest BCUT2D eigenvalue weighted by Gasteiger charge is 2.26. The summed E-state index contributed by atoms with van der Waals surface area (Å²) in [6.45, 7) is 4.52. The zero-order valence-electron chi connectivity index (χ0n) is 16.2. The molecule has 7 nitrogen and oxygen atoms in total. The zero-order chi connectivity index (χ0) is 19.3. The summed E-state index contributed by atoms with van der Waals surface area (Å²) in [7, 11) is 0. The maximum Gasteiger partial charge on any atom is 0.223 e. The molecule has 0 spiro atoms. The highest BCUT2D eigenvalue weighted by Crippen LogP contribution is 2.23. The fraction of sp³-hybridized carbons (Fsp3) is 0.429. The van der Waals surface area contributed by atoms with Crippen molar-refractivity contribution in [2.45, 2.75) is 32.1 Å². The minimum Gasteiger partial charge on any atom is -0.355 e. The number of nitrogens with one attached hydrogen (secondary N) is 1. The Balaban J connectivity index is 1.30. The van der Waals surface area contributed by atoms with Crippen LogP contribution < -0.4 is 10.2 Å². The van der Waals surface area contributed by atoms with E-state index in [1.807, 2.05) is 18.2 Å². The molecule has 7 heteroatoms. The molecule has 1 amide bonds. The van der Waals surface area contributed by atoms with Crippen LogP contribution in [-0.2, 0) is 4.79 Å². The Hall–Kier alpha value is -2.96. The molecule has 0 saturated carbocycles. The number of hydrogen-bond donors (Lipinski definition) is 1. The van der Waals surface area contributed by atoms with E-state index in [4.69, 9.17) is 0 Å². The molecule has 1 aromatic carbocycles. The van der Waals surface area contributed by atoms with Gasteiger partial charge < -0.3 is 10.2 Å². The van der Waals surface area contributed by atoms with E-state index in [0.29, 0.717) is 12.5 Å². The van der Waals surface area contributed by atoms with Crippen LogP contribution in [0.5, 0.6) is 0 Å². The normalized spacial score (nSPS) is 16.2. The van der Waals surface area contributed by atoms with Crippen molar-refractivity contribution in [3.8, 4) is 0 Å². The van der Waals surface area contributed by atoms with Crippen molar-refractivity contribution >= 4 is 17.4 Å². The highest BCUT2D eigenvalue weighted by atomic mass is 16.1. The Labute approximate surface area is 164 Å². The van der Waals surface area contributed by atoms with Crippen LogP contribution in [0, 0.1) is 5.92 Å². The van der Waals surface area contributed by atoms with Gasteiger partial charge in [-0.2, -0.15) is 4.52 Å². The summed E-state index contributed by atoms with van der Waals surface area (Å²) in [4.78, 5) is 14.9. The number of benzene rings is 1. The maximum absolute atomic E-state index is 12.7. The maximum atomic E-state index is 12.7. The van der Waals surface area contributed by atoms with Crippen LogP contribution in [0.2, 0.25) is 0 Å². The van der Waals surface area contributed by atoms with Gasteiger partial charge in [0.15, 0.2) is 5.65 Å². The Morgan fingerprint density at radius 3 is 2.71 bits per heavy atom. The highest BCUT2D eigenvalue weighted by molar-refractivity contribution is 5.79. The molecule has 146 valence electrons. The molecule has 1 aliphatic rings. The molecule has 1 fully saturated rings. The van der Waals surface area contributed by atoms with Gasteiger partial charge in [0.05, 0.1) is 0 Å². The predicted molar refractivity (Wildman–Crippen MR) is 108 cm³/mol. The van der Waals surface area contributed by atoms with Crippen molar-refractivity contribution in [2.75, 3.05) is 24.5 Å². The first kappa shape index (κ1) is 18.4. The van der Waals surface area contributed by atoms with E-state index < -0.39 is 0 Å². The molecule has 28 heavy (non-hydrogen) atoms. The van der Waals surface area contributed by atoms with Gasteiger partial charge in [-0.05, 0) is 37.0 Å². The number of aromatic nitrogens is 4. The quantitative estimate of drug-likeness (QED) is 0.714. The lowest BCUT2D eigenvalue weighted by Gasteiger charge is -2.32. The minimum absolute atomic E-state index is 0.0724. The Morgan fingerprint density at radius 2 is 1.96 bits per heavy atom. The summed E-state index contributed by atoms with van der Waals surface area (Å²) in [6.07, 6.45) is 4.31. The van der Waals surface area contributed by atoms with E-state index in [0.717, 1.165) is 43.8 Å². The molecule has 0 bridgehead atoms. The number of piperidine rings is 1. The Bertz CT molecular complexity index is 917. The van der Waals surface area contributed by atoms with Crippen LogP contribution in [0.3, 0.4) is 0 Å². The van der Waals surface area contributed by atoms with Crippen molar-refractivity contribution in [1.82, 2.24) is 25.1 Å². The predicted octanol–water partition coefficient (Wildman–Crippen LogP) is 2.65. The molecule has 3 heterocycles. The van der Waals surface area contributed by atoms with Crippen LogP contribution in [0.4, 0.5) is 5.82 Å². The Morgan fingerprint density at radius 1 is 1.18 bits per heavy atom.